The van der Waals surface area contributed by atoms with Gasteiger partial charge in [0.25, 0.3) is 0 Å². The normalized spacial score (nSPS) is 13.3. The zero-order chi connectivity index (χ0) is 28.1. The third-order valence-corrected chi connectivity index (χ3v) is 5.64. The summed E-state index contributed by atoms with van der Waals surface area (Å²) in [6.45, 7) is 17.3. The van der Waals surface area contributed by atoms with E-state index in [-0.39, 0.29) is 5.76 Å². The Kier molecular flexibility index (Phi) is 20.5. The first-order valence-corrected chi connectivity index (χ1v) is 13.7. The van der Waals surface area contributed by atoms with Crippen molar-refractivity contribution < 1.29 is 23.0 Å². The number of allylic oxidation sites excluding steroid dienone is 6. The molecule has 0 saturated carbocycles. The summed E-state index contributed by atoms with van der Waals surface area (Å²) in [6, 6.07) is 0. The van der Waals surface area contributed by atoms with Gasteiger partial charge in [-0.3, -0.25) is 0 Å². The average Bonchev–Trinajstić information content (AvgIpc) is 2.84. The minimum Gasteiger partial charge on any atom is -0.508 e. The van der Waals surface area contributed by atoms with Crippen molar-refractivity contribution in [3.63, 3.8) is 0 Å². The van der Waals surface area contributed by atoms with Crippen LogP contribution in [0.15, 0.2) is 71.4 Å². The number of halogens is 3. The maximum Gasteiger partial charge on any atom is 0.573 e. The molecule has 36 heavy (non-hydrogen) atoms. The SMILES string of the molecule is C#C.C=C/C(=C\C(=C)/C(CSC)=C(/C=C(CC)/C(O)=C/CC)N(CCCC)CCCC)OC(F)(F)F. The number of terminal acetylenes is 1. The van der Waals surface area contributed by atoms with Crippen molar-refractivity contribution in [2.75, 3.05) is 25.1 Å². The molecule has 0 rings (SSSR count). The van der Waals surface area contributed by atoms with Crippen molar-refractivity contribution in [1.82, 2.24) is 4.90 Å². The van der Waals surface area contributed by atoms with Crippen LogP contribution >= 0.6 is 11.8 Å². The topological polar surface area (TPSA) is 32.7 Å². The molecule has 0 heterocycles. The molecule has 204 valence electrons. The second kappa shape index (κ2) is 20.7. The Labute approximate surface area is 221 Å². The van der Waals surface area contributed by atoms with Crippen LogP contribution in [0.4, 0.5) is 13.2 Å². The molecule has 0 radical (unpaired) electrons. The first kappa shape index (κ1) is 35.7. The number of unbranched alkanes of at least 4 members (excludes halogenated alkanes) is 2. The van der Waals surface area contributed by atoms with E-state index in [2.05, 4.69) is 49.5 Å². The maximum atomic E-state index is 12.8. The van der Waals surface area contributed by atoms with Crippen molar-refractivity contribution in [3.8, 4) is 12.8 Å². The van der Waals surface area contributed by atoms with Crippen LogP contribution in [0.25, 0.3) is 0 Å². The van der Waals surface area contributed by atoms with Crippen LogP contribution in [0.1, 0.15) is 66.2 Å². The van der Waals surface area contributed by atoms with Crippen molar-refractivity contribution in [1.29, 1.82) is 0 Å². The molecule has 0 atom stereocenters. The Bertz CT molecular complexity index is 797. The number of hydrogen-bond donors (Lipinski definition) is 1. The summed E-state index contributed by atoms with van der Waals surface area (Å²) >= 11 is 1.56. The van der Waals surface area contributed by atoms with E-state index in [0.29, 0.717) is 24.2 Å². The van der Waals surface area contributed by atoms with Gasteiger partial charge in [0.1, 0.15) is 11.5 Å². The number of rotatable bonds is 17. The number of alkyl halides is 3. The summed E-state index contributed by atoms with van der Waals surface area (Å²) in [6.07, 6.45) is 16.5. The summed E-state index contributed by atoms with van der Waals surface area (Å²) in [4.78, 5) is 2.27. The quantitative estimate of drug-likeness (QED) is 0.116. The van der Waals surface area contributed by atoms with E-state index >= 15 is 0 Å². The number of thioether (sulfide) groups is 1. The first-order valence-electron chi connectivity index (χ1n) is 12.3. The fraction of sp³-hybridized carbons (Fsp3) is 0.517. The Morgan fingerprint density at radius 3 is 2.00 bits per heavy atom. The molecule has 0 amide bonds. The van der Waals surface area contributed by atoms with Crippen molar-refractivity contribution >= 4 is 11.8 Å². The summed E-state index contributed by atoms with van der Waals surface area (Å²) in [5.41, 5.74) is 2.88. The molecule has 3 nitrogen and oxygen atoms in total. The molecule has 0 aromatic rings. The molecule has 7 heteroatoms. The van der Waals surface area contributed by atoms with Crippen LogP contribution in [-0.4, -0.2) is 41.5 Å². The van der Waals surface area contributed by atoms with Crippen LogP contribution in [0.3, 0.4) is 0 Å². The molecule has 0 aliphatic heterocycles. The number of aliphatic hydroxyl groups is 1. The van der Waals surface area contributed by atoms with E-state index in [1.807, 2.05) is 26.2 Å². The third kappa shape index (κ3) is 14.8. The highest BCUT2D eigenvalue weighted by Crippen LogP contribution is 2.29. The standard InChI is InChI=1S/C27H42F3NO2S.C2H2/c1-8-13-16-31(17-14-9-2)25(19-22(11-4)26(32)15-10-3)24(20-34-7)21(6)18-23(12-5)33-27(28,29)30;1-2/h12,15,18-19,32H,5-6,8-11,13-14,16-17,20H2,1-4,7H3;1-2H/b22-19+,23-18+,25-24-,26-15-;. The lowest BCUT2D eigenvalue weighted by molar-refractivity contribution is -0.303. The highest BCUT2D eigenvalue weighted by atomic mass is 32.2. The van der Waals surface area contributed by atoms with Gasteiger partial charge < -0.3 is 14.7 Å². The minimum atomic E-state index is -4.81. The Morgan fingerprint density at radius 2 is 1.61 bits per heavy atom. The van der Waals surface area contributed by atoms with Gasteiger partial charge in [0, 0.05) is 24.5 Å². The lowest BCUT2D eigenvalue weighted by Crippen LogP contribution is -2.27. The van der Waals surface area contributed by atoms with E-state index in [1.165, 1.54) is 6.08 Å². The van der Waals surface area contributed by atoms with Gasteiger partial charge >= 0.3 is 6.36 Å². The molecule has 1 N–H and O–H groups in total. The van der Waals surface area contributed by atoms with Crippen molar-refractivity contribution in [2.24, 2.45) is 0 Å². The van der Waals surface area contributed by atoms with Gasteiger partial charge in [0.05, 0.1) is 0 Å². The monoisotopic (exact) mass is 527 g/mol. The van der Waals surface area contributed by atoms with Gasteiger partial charge in [-0.1, -0.05) is 53.7 Å². The number of hydrogen-bond acceptors (Lipinski definition) is 4. The van der Waals surface area contributed by atoms with Gasteiger partial charge in [-0.05, 0) is 73.0 Å². The molecule has 0 spiro atoms. The Balaban J connectivity index is 0. The Hall–Kier alpha value is -2.46. The summed E-state index contributed by atoms with van der Waals surface area (Å²) < 4.78 is 42.6. The van der Waals surface area contributed by atoms with Gasteiger partial charge in [-0.2, -0.15) is 11.8 Å². The molecule has 0 unspecified atom stereocenters. The predicted molar refractivity (Wildman–Crippen MR) is 151 cm³/mol. The van der Waals surface area contributed by atoms with E-state index in [4.69, 9.17) is 0 Å². The first-order chi connectivity index (χ1) is 17.1. The number of nitrogens with zero attached hydrogens (tertiary/aromatic N) is 1. The largest absolute Gasteiger partial charge is 0.573 e. The van der Waals surface area contributed by atoms with Gasteiger partial charge in [0.15, 0.2) is 0 Å². The number of ether oxygens (including phenoxy) is 1. The molecule has 0 aromatic carbocycles. The molecule has 0 fully saturated rings. The van der Waals surface area contributed by atoms with Crippen LogP contribution < -0.4 is 0 Å². The predicted octanol–water partition coefficient (Wildman–Crippen LogP) is 9.11. The fourth-order valence-electron chi connectivity index (χ4n) is 3.26. The average molecular weight is 528 g/mol. The zero-order valence-corrected chi connectivity index (χ0v) is 23.4. The van der Waals surface area contributed by atoms with Crippen LogP contribution in [-0.2, 0) is 4.74 Å². The van der Waals surface area contributed by atoms with E-state index in [9.17, 15) is 18.3 Å². The maximum absolute atomic E-state index is 12.8. The summed E-state index contributed by atoms with van der Waals surface area (Å²) in [5.74, 6) is 0.365. The lowest BCUT2D eigenvalue weighted by Gasteiger charge is -2.29. The van der Waals surface area contributed by atoms with Crippen LogP contribution in [0, 0.1) is 12.8 Å². The number of aliphatic hydroxyl groups excluding tert-OH is 1. The molecule has 0 saturated heterocycles. The highest BCUT2D eigenvalue weighted by Gasteiger charge is 2.31. The zero-order valence-electron chi connectivity index (χ0n) is 22.6. The summed E-state index contributed by atoms with van der Waals surface area (Å²) in [7, 11) is 0. The highest BCUT2D eigenvalue weighted by molar-refractivity contribution is 7.98. The van der Waals surface area contributed by atoms with Crippen LogP contribution in [0.5, 0.6) is 0 Å². The molecular weight excluding hydrogens is 483 g/mol. The van der Waals surface area contributed by atoms with Gasteiger partial charge in [-0.15, -0.1) is 26.0 Å². The minimum absolute atomic E-state index is 0.227. The second-order valence-corrected chi connectivity index (χ2v) is 8.70. The fourth-order valence-corrected chi connectivity index (χ4v) is 3.89. The van der Waals surface area contributed by atoms with E-state index < -0.39 is 12.1 Å². The second-order valence-electron chi connectivity index (χ2n) is 7.84. The van der Waals surface area contributed by atoms with Crippen molar-refractivity contribution in [3.05, 3.63) is 71.4 Å². The molecule has 0 aliphatic rings. The Morgan fingerprint density at radius 1 is 1.06 bits per heavy atom. The molecule has 0 aromatic heterocycles. The molecule has 0 aliphatic carbocycles. The van der Waals surface area contributed by atoms with Crippen molar-refractivity contribution in [2.45, 2.75) is 72.6 Å². The van der Waals surface area contributed by atoms with E-state index in [0.717, 1.165) is 61.7 Å². The third-order valence-electron chi connectivity index (χ3n) is 5.06. The van der Waals surface area contributed by atoms with Gasteiger partial charge in [0.2, 0.25) is 0 Å². The summed E-state index contributed by atoms with van der Waals surface area (Å²) in [5, 5.41) is 10.6. The molecule has 0 bridgehead atoms. The lowest BCUT2D eigenvalue weighted by atomic mass is 10.0. The molecular formula is C29H44F3NO2S. The van der Waals surface area contributed by atoms with Gasteiger partial charge in [-0.25, -0.2) is 0 Å². The van der Waals surface area contributed by atoms with E-state index in [1.54, 1.807) is 17.8 Å². The van der Waals surface area contributed by atoms with Crippen LogP contribution in [0.2, 0.25) is 0 Å². The smallest absolute Gasteiger partial charge is 0.508 e.